The fraction of sp³-hybridized carbons (Fsp3) is 0.536. The van der Waals surface area contributed by atoms with Crippen LogP contribution >= 0.6 is 11.8 Å². The minimum atomic E-state index is -2.68. The second kappa shape index (κ2) is 15.7. The number of carbonyl (C=O) groups excluding carboxylic acids is 1. The first-order valence-corrected chi connectivity index (χ1v) is 14.6. The van der Waals surface area contributed by atoms with Gasteiger partial charge in [-0.05, 0) is 25.0 Å². The molecule has 1 saturated carbocycles. The number of hydrogen-bond donors (Lipinski definition) is 4. The molecule has 4 rings (SSSR count). The number of ether oxygens (including phenoxy) is 2. The molecule has 3 atom stereocenters. The van der Waals surface area contributed by atoms with Crippen molar-refractivity contribution < 1.29 is 33.0 Å². The summed E-state index contributed by atoms with van der Waals surface area (Å²) < 4.78 is 38.2. The summed E-state index contributed by atoms with van der Waals surface area (Å²) in [4.78, 5) is 29.8. The summed E-state index contributed by atoms with van der Waals surface area (Å²) in [6, 6.07) is 0.342. The van der Waals surface area contributed by atoms with Crippen molar-refractivity contribution in [3.63, 3.8) is 0 Å². The van der Waals surface area contributed by atoms with Crippen LogP contribution in [0.3, 0.4) is 0 Å². The Hall–Kier alpha value is -3.38. The molecule has 0 spiro atoms. The average Bonchev–Trinajstić information content (AvgIpc) is 3.73. The number of alkyl halides is 2. The van der Waals surface area contributed by atoms with Crippen LogP contribution in [0, 0.1) is 17.8 Å². The SMILES string of the molecule is CC.COC1=CN(C)C(C(F)F)C=C1c1cc(NCCOCC(=O)O)ncc1C(=O)NC1NN(C)C(C#CC2CC2)S1. The summed E-state index contributed by atoms with van der Waals surface area (Å²) >= 11 is 1.45. The molecule has 42 heavy (non-hydrogen) atoms. The Bertz CT molecular complexity index is 1230. The number of carboxylic acids is 1. The second-order valence-corrected chi connectivity index (χ2v) is 10.6. The molecule has 14 heteroatoms. The van der Waals surface area contributed by atoms with Crippen LogP contribution in [-0.2, 0) is 14.3 Å². The number of nitrogens with zero attached hydrogens (tertiary/aromatic N) is 3. The molecule has 1 aromatic rings. The number of aliphatic carboxylic acids is 1. The molecule has 1 saturated heterocycles. The molecule has 1 aliphatic carbocycles. The first kappa shape index (κ1) is 33.1. The number of anilines is 1. The maximum atomic E-state index is 13.8. The van der Waals surface area contributed by atoms with Gasteiger partial charge in [0.15, 0.2) is 0 Å². The van der Waals surface area contributed by atoms with Gasteiger partial charge in [-0.3, -0.25) is 4.79 Å². The van der Waals surface area contributed by atoms with Crippen LogP contribution in [0.25, 0.3) is 5.57 Å². The Morgan fingerprint density at radius 2 is 2.02 bits per heavy atom. The Morgan fingerprint density at radius 1 is 1.29 bits per heavy atom. The van der Waals surface area contributed by atoms with E-state index in [0.717, 1.165) is 12.8 Å². The number of rotatable bonds is 11. The third-order valence-corrected chi connectivity index (χ3v) is 7.46. The monoisotopic (exact) mass is 608 g/mol. The van der Waals surface area contributed by atoms with Crippen molar-refractivity contribution in [1.29, 1.82) is 0 Å². The van der Waals surface area contributed by atoms with Crippen LogP contribution < -0.4 is 16.1 Å². The highest BCUT2D eigenvalue weighted by atomic mass is 32.2. The van der Waals surface area contributed by atoms with Gasteiger partial charge in [0.1, 0.15) is 35.1 Å². The van der Waals surface area contributed by atoms with Gasteiger partial charge in [-0.2, -0.15) is 0 Å². The van der Waals surface area contributed by atoms with Gasteiger partial charge in [-0.25, -0.2) is 29.0 Å². The Morgan fingerprint density at radius 3 is 2.67 bits per heavy atom. The number of amides is 1. The number of hydrogen-bond acceptors (Lipinski definition) is 10. The highest BCUT2D eigenvalue weighted by Gasteiger charge is 2.33. The molecule has 3 aliphatic rings. The summed E-state index contributed by atoms with van der Waals surface area (Å²) in [6.07, 6.45) is 3.76. The number of allylic oxidation sites excluding steroid dienone is 1. The number of aromatic nitrogens is 1. The van der Waals surface area contributed by atoms with Gasteiger partial charge in [0.25, 0.3) is 12.3 Å². The molecule has 230 valence electrons. The molecule has 1 amide bonds. The summed E-state index contributed by atoms with van der Waals surface area (Å²) in [5.74, 6) is 6.02. The van der Waals surface area contributed by atoms with E-state index in [9.17, 15) is 18.4 Å². The number of nitrogens with one attached hydrogen (secondary N) is 3. The first-order chi connectivity index (χ1) is 20.2. The van der Waals surface area contributed by atoms with Crippen LogP contribution in [0.5, 0.6) is 0 Å². The van der Waals surface area contributed by atoms with E-state index in [1.54, 1.807) is 6.07 Å². The molecule has 0 bridgehead atoms. The van der Waals surface area contributed by atoms with E-state index in [0.29, 0.717) is 28.6 Å². The smallest absolute Gasteiger partial charge is 0.329 e. The topological polar surface area (TPSA) is 128 Å². The molecular formula is C28H38F2N6O5S. The largest absolute Gasteiger partial charge is 0.495 e. The fourth-order valence-electron chi connectivity index (χ4n) is 4.03. The normalized spacial score (nSPS) is 21.8. The Kier molecular flexibility index (Phi) is 12.4. The van der Waals surface area contributed by atoms with Gasteiger partial charge in [0.05, 0.1) is 19.3 Å². The number of carboxylic acid groups (broad SMARTS) is 1. The third kappa shape index (κ3) is 9.06. The van der Waals surface area contributed by atoms with Crippen LogP contribution in [0.2, 0.25) is 0 Å². The van der Waals surface area contributed by atoms with Crippen LogP contribution in [0.1, 0.15) is 42.6 Å². The van der Waals surface area contributed by atoms with Gasteiger partial charge in [-0.15, -0.1) is 0 Å². The van der Waals surface area contributed by atoms with E-state index in [1.165, 1.54) is 49.3 Å². The predicted octanol–water partition coefficient (Wildman–Crippen LogP) is 3.01. The lowest BCUT2D eigenvalue weighted by molar-refractivity contribution is -0.142. The molecule has 3 unspecified atom stereocenters. The lowest BCUT2D eigenvalue weighted by Crippen LogP contribution is -2.44. The van der Waals surface area contributed by atoms with E-state index < -0.39 is 36.4 Å². The number of carbonyl (C=O) groups is 2. The third-order valence-electron chi connectivity index (χ3n) is 6.28. The van der Waals surface area contributed by atoms with E-state index in [1.807, 2.05) is 25.9 Å². The summed E-state index contributed by atoms with van der Waals surface area (Å²) in [7, 11) is 4.80. The van der Waals surface area contributed by atoms with Gasteiger partial charge in [0.2, 0.25) is 0 Å². The number of pyridine rings is 1. The maximum Gasteiger partial charge on any atom is 0.329 e. The van der Waals surface area contributed by atoms with Crippen molar-refractivity contribution in [3.8, 4) is 11.8 Å². The van der Waals surface area contributed by atoms with E-state index >= 15 is 0 Å². The number of thioether (sulfide) groups is 1. The molecule has 11 nitrogen and oxygen atoms in total. The zero-order valence-corrected chi connectivity index (χ0v) is 25.1. The highest BCUT2D eigenvalue weighted by Crippen LogP contribution is 2.34. The van der Waals surface area contributed by atoms with Crippen LogP contribution in [-0.4, -0.2) is 96.2 Å². The second-order valence-electron chi connectivity index (χ2n) is 9.40. The van der Waals surface area contributed by atoms with Gasteiger partial charge >= 0.3 is 5.97 Å². The molecule has 0 radical (unpaired) electrons. The van der Waals surface area contributed by atoms with E-state index in [-0.39, 0.29) is 24.1 Å². The maximum absolute atomic E-state index is 13.8. The lowest BCUT2D eigenvalue weighted by atomic mass is 9.95. The number of methoxy groups -OCH3 is 1. The molecule has 4 N–H and O–H groups in total. The molecule has 2 aliphatic heterocycles. The van der Waals surface area contributed by atoms with Crippen molar-refractivity contribution in [3.05, 3.63) is 41.4 Å². The van der Waals surface area contributed by atoms with Crippen molar-refractivity contribution in [2.24, 2.45) is 5.92 Å². The lowest BCUT2D eigenvalue weighted by Gasteiger charge is -2.30. The van der Waals surface area contributed by atoms with Crippen molar-refractivity contribution >= 4 is 35.0 Å². The minimum absolute atomic E-state index is 0.0959. The number of halogens is 2. The zero-order chi connectivity index (χ0) is 30.8. The van der Waals surface area contributed by atoms with E-state index in [2.05, 4.69) is 32.9 Å². The van der Waals surface area contributed by atoms with Crippen LogP contribution in [0.4, 0.5) is 14.6 Å². The zero-order valence-electron chi connectivity index (χ0n) is 24.3. The summed E-state index contributed by atoms with van der Waals surface area (Å²) in [5.41, 5.74) is 3.53. The van der Waals surface area contributed by atoms with Crippen molar-refractivity contribution in [2.45, 2.75) is 50.0 Å². The number of hydrazine groups is 1. The highest BCUT2D eigenvalue weighted by molar-refractivity contribution is 8.00. The Balaban J connectivity index is 0.00000237. The first-order valence-electron chi connectivity index (χ1n) is 13.6. The van der Waals surface area contributed by atoms with Crippen molar-refractivity contribution in [1.82, 2.24) is 25.6 Å². The minimum Gasteiger partial charge on any atom is -0.495 e. The molecular weight excluding hydrogens is 570 g/mol. The van der Waals surface area contributed by atoms with E-state index in [4.69, 9.17) is 14.6 Å². The van der Waals surface area contributed by atoms with Crippen LogP contribution in [0.15, 0.2) is 30.3 Å². The molecule has 0 aromatic carbocycles. The van der Waals surface area contributed by atoms with Crippen molar-refractivity contribution in [2.75, 3.05) is 46.3 Å². The quantitative estimate of drug-likeness (QED) is 0.219. The Labute approximate surface area is 249 Å². The predicted molar refractivity (Wildman–Crippen MR) is 157 cm³/mol. The fourth-order valence-corrected chi connectivity index (χ4v) is 5.07. The van der Waals surface area contributed by atoms with Gasteiger partial charge < -0.3 is 30.1 Å². The summed E-state index contributed by atoms with van der Waals surface area (Å²) in [6.45, 7) is 3.89. The average molecular weight is 609 g/mol. The standard InChI is InChI=1S/C26H32F2N6O5S.C2H6/c1-33-13-20(38-3)17(10-19(33)24(27)28)16-11-21(29-8-9-39-14-23(35)36)30-12-18(16)25(37)31-26-32-34(2)22(40-26)7-6-15-4-5-15;1-2/h10-13,15,19,22,24,26,32H,4-5,8-9,14H2,1-3H3,(H,29,30)(H,31,37)(H,35,36);1-2H3. The summed E-state index contributed by atoms with van der Waals surface area (Å²) in [5, 5.41) is 16.3. The molecule has 3 heterocycles. The van der Waals surface area contributed by atoms with Gasteiger partial charge in [0, 0.05) is 50.1 Å². The molecule has 1 aromatic heterocycles. The molecule has 2 fully saturated rings. The number of likely N-dealkylation sites (N-methyl/N-ethyl adjacent to an activating group) is 1. The van der Waals surface area contributed by atoms with Gasteiger partial charge in [-0.1, -0.05) is 37.5 Å².